The fraction of sp³-hybridized carbons (Fsp3) is 0.300. The molecule has 0 amide bonds. The Labute approximate surface area is 171 Å². The van der Waals surface area contributed by atoms with Crippen LogP contribution in [0.1, 0.15) is 35.6 Å². The van der Waals surface area contributed by atoms with Crippen molar-refractivity contribution >= 4 is 27.0 Å². The van der Waals surface area contributed by atoms with Gasteiger partial charge in [0.05, 0.1) is 21.5 Å². The lowest BCUT2D eigenvalue weighted by atomic mass is 10.2. The molecule has 1 aromatic heterocycles. The second kappa shape index (κ2) is 8.11. The molecule has 0 radical (unpaired) electrons. The summed E-state index contributed by atoms with van der Waals surface area (Å²) in [5, 5.41) is 0. The zero-order valence-electron chi connectivity index (χ0n) is 15.9. The molecule has 0 bridgehead atoms. The summed E-state index contributed by atoms with van der Waals surface area (Å²) in [5.74, 6) is -0.915. The Morgan fingerprint density at radius 2 is 1.83 bits per heavy atom. The lowest BCUT2D eigenvalue weighted by Crippen LogP contribution is -2.28. The van der Waals surface area contributed by atoms with Crippen LogP contribution in [0.2, 0.25) is 0 Å². The van der Waals surface area contributed by atoms with E-state index in [1.165, 1.54) is 34.6 Å². The van der Waals surface area contributed by atoms with Crippen LogP contribution in [-0.4, -0.2) is 41.3 Å². The molecule has 0 atom stereocenters. The number of para-hydroxylation sites is 2. The van der Waals surface area contributed by atoms with Crippen molar-refractivity contribution in [3.63, 3.8) is 0 Å². The Balaban J connectivity index is 1.54. The van der Waals surface area contributed by atoms with Crippen LogP contribution in [0.3, 0.4) is 0 Å². The first-order valence-electron chi connectivity index (χ1n) is 9.39. The van der Waals surface area contributed by atoms with E-state index in [0.717, 1.165) is 12.8 Å². The molecular formula is C20H19F2N3O4S. The van der Waals surface area contributed by atoms with Crippen molar-refractivity contribution in [1.82, 2.24) is 13.9 Å². The van der Waals surface area contributed by atoms with Gasteiger partial charge in [0.2, 0.25) is 10.0 Å². The maximum absolute atomic E-state index is 13.5. The maximum atomic E-state index is 13.5. The van der Waals surface area contributed by atoms with Gasteiger partial charge in [0.25, 0.3) is 0 Å². The van der Waals surface area contributed by atoms with E-state index >= 15 is 0 Å². The van der Waals surface area contributed by atoms with Gasteiger partial charge in [-0.3, -0.25) is 4.57 Å². The summed E-state index contributed by atoms with van der Waals surface area (Å²) in [6.45, 7) is -2.43. The Morgan fingerprint density at radius 3 is 2.57 bits per heavy atom. The number of aromatic nitrogens is 2. The molecule has 0 unspecified atom stereocenters. The van der Waals surface area contributed by atoms with Gasteiger partial charge >= 0.3 is 12.5 Å². The summed E-state index contributed by atoms with van der Waals surface area (Å²) >= 11 is 0. The molecule has 30 heavy (non-hydrogen) atoms. The number of rotatable bonds is 6. The first kappa shape index (κ1) is 20.4. The molecule has 158 valence electrons. The second-order valence-corrected chi connectivity index (χ2v) is 8.82. The highest BCUT2D eigenvalue weighted by atomic mass is 32.2. The van der Waals surface area contributed by atoms with Crippen molar-refractivity contribution in [3.8, 4) is 0 Å². The summed E-state index contributed by atoms with van der Waals surface area (Å²) in [7, 11) is -3.69. The van der Waals surface area contributed by atoms with Crippen molar-refractivity contribution in [3.05, 3.63) is 59.9 Å². The van der Waals surface area contributed by atoms with Crippen LogP contribution >= 0.6 is 0 Å². The number of carbonyl (C=O) groups excluding carboxylic acids is 1. The Morgan fingerprint density at radius 1 is 1.10 bits per heavy atom. The molecule has 2 heterocycles. The maximum Gasteiger partial charge on any atom is 0.338 e. The number of ether oxygens (including phenoxy) is 1. The van der Waals surface area contributed by atoms with Crippen LogP contribution in [0.5, 0.6) is 0 Å². The minimum Gasteiger partial charge on any atom is -0.454 e. The summed E-state index contributed by atoms with van der Waals surface area (Å²) in [4.78, 5) is 16.6. The van der Waals surface area contributed by atoms with Crippen molar-refractivity contribution in [2.45, 2.75) is 30.9 Å². The van der Waals surface area contributed by atoms with Crippen LogP contribution < -0.4 is 0 Å². The molecule has 1 saturated heterocycles. The fourth-order valence-electron chi connectivity index (χ4n) is 3.49. The first-order chi connectivity index (χ1) is 14.4. The summed E-state index contributed by atoms with van der Waals surface area (Å²) < 4.78 is 59.6. The molecule has 0 N–H and O–H groups in total. The molecule has 1 aliphatic heterocycles. The smallest absolute Gasteiger partial charge is 0.338 e. The standard InChI is InChI=1S/C20H19F2N3O4S/c21-20(22)25-17-9-2-1-8-16(17)23-18(25)13-29-19(26)14-6-5-7-15(12-14)30(27,28)24-10-3-4-11-24/h1-2,5-9,12,20H,3-4,10-11,13H2. The molecule has 3 aromatic rings. The molecular weight excluding hydrogens is 416 g/mol. The van der Waals surface area contributed by atoms with E-state index in [-0.39, 0.29) is 21.8 Å². The van der Waals surface area contributed by atoms with E-state index in [1.807, 2.05) is 0 Å². The Bertz CT molecular complexity index is 1190. The van der Waals surface area contributed by atoms with Gasteiger partial charge < -0.3 is 4.74 Å². The fourth-order valence-corrected chi connectivity index (χ4v) is 5.05. The number of hydrogen-bond acceptors (Lipinski definition) is 5. The third kappa shape index (κ3) is 3.80. The number of carbonyl (C=O) groups is 1. The highest BCUT2D eigenvalue weighted by Gasteiger charge is 2.28. The zero-order valence-corrected chi connectivity index (χ0v) is 16.7. The van der Waals surface area contributed by atoms with Crippen molar-refractivity contribution < 1.29 is 26.7 Å². The van der Waals surface area contributed by atoms with Gasteiger partial charge in [-0.15, -0.1) is 0 Å². The molecule has 10 heteroatoms. The molecule has 0 aliphatic carbocycles. The van der Waals surface area contributed by atoms with Crippen LogP contribution in [0, 0.1) is 0 Å². The normalized spacial score (nSPS) is 15.2. The number of sulfonamides is 1. The minimum absolute atomic E-state index is 0.00123. The number of nitrogens with zero attached hydrogens (tertiary/aromatic N) is 3. The Hall–Kier alpha value is -2.85. The van der Waals surface area contributed by atoms with Gasteiger partial charge in [0.15, 0.2) is 5.82 Å². The molecule has 1 aliphatic rings. The largest absolute Gasteiger partial charge is 0.454 e. The molecule has 7 nitrogen and oxygen atoms in total. The van der Waals surface area contributed by atoms with E-state index in [9.17, 15) is 22.0 Å². The first-order valence-corrected chi connectivity index (χ1v) is 10.8. The van der Waals surface area contributed by atoms with Crippen molar-refractivity contribution in [1.29, 1.82) is 0 Å². The third-order valence-electron chi connectivity index (χ3n) is 4.97. The molecule has 2 aromatic carbocycles. The lowest BCUT2D eigenvalue weighted by Gasteiger charge is -2.16. The number of imidazole rings is 1. The van der Waals surface area contributed by atoms with Gasteiger partial charge in [-0.05, 0) is 43.2 Å². The SMILES string of the molecule is O=C(OCc1nc2ccccc2n1C(F)F)c1cccc(S(=O)(=O)N2CCCC2)c1. The number of halogens is 2. The van der Waals surface area contributed by atoms with E-state index in [4.69, 9.17) is 4.74 Å². The summed E-state index contributed by atoms with van der Waals surface area (Å²) in [5.41, 5.74) is 0.620. The average molecular weight is 435 g/mol. The highest BCUT2D eigenvalue weighted by molar-refractivity contribution is 7.89. The van der Waals surface area contributed by atoms with E-state index in [2.05, 4.69) is 4.98 Å². The van der Waals surface area contributed by atoms with E-state index in [1.54, 1.807) is 18.2 Å². The average Bonchev–Trinajstić information content (AvgIpc) is 3.40. The monoisotopic (exact) mass is 435 g/mol. The number of esters is 1. The van der Waals surface area contributed by atoms with Crippen LogP contribution in [-0.2, 0) is 21.4 Å². The van der Waals surface area contributed by atoms with Crippen molar-refractivity contribution in [2.24, 2.45) is 0 Å². The quantitative estimate of drug-likeness (QED) is 0.553. The number of hydrogen-bond donors (Lipinski definition) is 0. The molecule has 0 saturated carbocycles. The van der Waals surface area contributed by atoms with Gasteiger partial charge in [0.1, 0.15) is 6.61 Å². The molecule has 0 spiro atoms. The third-order valence-corrected chi connectivity index (χ3v) is 6.86. The number of alkyl halides is 2. The summed E-state index contributed by atoms with van der Waals surface area (Å²) in [6, 6.07) is 11.9. The van der Waals surface area contributed by atoms with Gasteiger partial charge in [-0.1, -0.05) is 18.2 Å². The van der Waals surface area contributed by atoms with E-state index < -0.39 is 29.1 Å². The zero-order chi connectivity index (χ0) is 21.3. The van der Waals surface area contributed by atoms with Crippen LogP contribution in [0.4, 0.5) is 8.78 Å². The van der Waals surface area contributed by atoms with Crippen LogP contribution in [0.15, 0.2) is 53.4 Å². The molecule has 4 rings (SSSR count). The van der Waals surface area contributed by atoms with Crippen molar-refractivity contribution in [2.75, 3.05) is 13.1 Å². The predicted octanol–water partition coefficient (Wildman–Crippen LogP) is 3.57. The Kier molecular flexibility index (Phi) is 5.52. The van der Waals surface area contributed by atoms with Gasteiger partial charge in [-0.2, -0.15) is 13.1 Å². The van der Waals surface area contributed by atoms with Crippen LogP contribution in [0.25, 0.3) is 11.0 Å². The lowest BCUT2D eigenvalue weighted by molar-refractivity contribution is 0.0387. The number of fused-ring (bicyclic) bond motifs is 1. The number of benzene rings is 2. The van der Waals surface area contributed by atoms with E-state index in [0.29, 0.717) is 23.2 Å². The minimum atomic E-state index is -3.69. The van der Waals surface area contributed by atoms with Gasteiger partial charge in [-0.25, -0.2) is 18.2 Å². The second-order valence-electron chi connectivity index (χ2n) is 6.88. The predicted molar refractivity (Wildman–Crippen MR) is 105 cm³/mol. The molecule has 1 fully saturated rings. The van der Waals surface area contributed by atoms with Gasteiger partial charge in [0, 0.05) is 13.1 Å². The summed E-state index contributed by atoms with van der Waals surface area (Å²) in [6.07, 6.45) is 1.60. The topological polar surface area (TPSA) is 81.5 Å². The highest BCUT2D eigenvalue weighted by Crippen LogP contribution is 2.24.